The SMILES string of the molecule is CC(C)N1C(=O)NC2(CCN(C(=O)C(C)(C)C)CC2)C1=O. The van der Waals surface area contributed by atoms with Crippen LogP contribution in [0, 0.1) is 5.41 Å². The molecule has 2 aliphatic rings. The second-order valence-corrected chi connectivity index (χ2v) is 7.32. The molecule has 2 heterocycles. The van der Waals surface area contributed by atoms with Crippen LogP contribution in [0.4, 0.5) is 4.79 Å². The molecule has 0 atom stereocenters. The number of urea groups is 1. The van der Waals surface area contributed by atoms with Crippen LogP contribution in [0.2, 0.25) is 0 Å². The molecular weight excluding hydrogens is 270 g/mol. The molecule has 1 N–H and O–H groups in total. The Bertz CT molecular complexity index is 471. The van der Waals surface area contributed by atoms with Crippen LogP contribution in [0.25, 0.3) is 0 Å². The highest BCUT2D eigenvalue weighted by molar-refractivity contribution is 6.07. The quantitative estimate of drug-likeness (QED) is 0.742. The number of nitrogens with one attached hydrogen (secondary N) is 1. The van der Waals surface area contributed by atoms with Gasteiger partial charge in [0.05, 0.1) is 0 Å². The van der Waals surface area contributed by atoms with Crippen LogP contribution in [-0.4, -0.2) is 52.3 Å². The number of rotatable bonds is 1. The molecule has 6 nitrogen and oxygen atoms in total. The zero-order valence-corrected chi connectivity index (χ0v) is 13.5. The van der Waals surface area contributed by atoms with Crippen molar-refractivity contribution in [1.29, 1.82) is 0 Å². The molecule has 0 radical (unpaired) electrons. The maximum atomic E-state index is 12.5. The van der Waals surface area contributed by atoms with E-state index in [1.165, 1.54) is 4.90 Å². The van der Waals surface area contributed by atoms with Crippen LogP contribution >= 0.6 is 0 Å². The molecule has 0 bridgehead atoms. The summed E-state index contributed by atoms with van der Waals surface area (Å²) in [6.45, 7) is 10.3. The lowest BCUT2D eigenvalue weighted by atomic mass is 9.85. The van der Waals surface area contributed by atoms with Gasteiger partial charge in [0, 0.05) is 24.5 Å². The van der Waals surface area contributed by atoms with Gasteiger partial charge in [-0.15, -0.1) is 0 Å². The van der Waals surface area contributed by atoms with Crippen LogP contribution in [0.5, 0.6) is 0 Å². The van der Waals surface area contributed by atoms with E-state index in [1.807, 2.05) is 34.6 Å². The highest BCUT2D eigenvalue weighted by Gasteiger charge is 2.53. The molecule has 4 amide bonds. The average Bonchev–Trinajstić information content (AvgIpc) is 2.60. The van der Waals surface area contributed by atoms with Crippen molar-refractivity contribution < 1.29 is 14.4 Å². The summed E-state index contributed by atoms with van der Waals surface area (Å²) in [7, 11) is 0. The Kier molecular flexibility index (Phi) is 3.76. The molecule has 0 saturated carbocycles. The van der Waals surface area contributed by atoms with Gasteiger partial charge in [-0.1, -0.05) is 20.8 Å². The molecule has 1 spiro atoms. The first-order chi connectivity index (χ1) is 9.58. The molecule has 118 valence electrons. The van der Waals surface area contributed by atoms with E-state index in [-0.39, 0.29) is 23.9 Å². The van der Waals surface area contributed by atoms with Gasteiger partial charge in [-0.05, 0) is 26.7 Å². The van der Waals surface area contributed by atoms with Gasteiger partial charge in [-0.25, -0.2) is 4.79 Å². The minimum atomic E-state index is -0.810. The predicted molar refractivity (Wildman–Crippen MR) is 78.5 cm³/mol. The van der Waals surface area contributed by atoms with E-state index >= 15 is 0 Å². The summed E-state index contributed by atoms with van der Waals surface area (Å²) in [5.74, 6) is -0.0554. The number of piperidine rings is 1. The summed E-state index contributed by atoms with van der Waals surface area (Å²) >= 11 is 0. The zero-order chi connectivity index (χ0) is 16.0. The second-order valence-electron chi connectivity index (χ2n) is 7.32. The monoisotopic (exact) mass is 295 g/mol. The maximum absolute atomic E-state index is 12.5. The zero-order valence-electron chi connectivity index (χ0n) is 13.5. The minimum absolute atomic E-state index is 0.0924. The fourth-order valence-electron chi connectivity index (χ4n) is 3.01. The van der Waals surface area contributed by atoms with Gasteiger partial charge < -0.3 is 10.2 Å². The van der Waals surface area contributed by atoms with Crippen LogP contribution in [-0.2, 0) is 9.59 Å². The van der Waals surface area contributed by atoms with Crippen LogP contribution in [0.1, 0.15) is 47.5 Å². The topological polar surface area (TPSA) is 69.7 Å². The van der Waals surface area contributed by atoms with Crippen molar-refractivity contribution in [2.75, 3.05) is 13.1 Å². The van der Waals surface area contributed by atoms with Crippen molar-refractivity contribution >= 4 is 17.8 Å². The van der Waals surface area contributed by atoms with Gasteiger partial charge in [-0.3, -0.25) is 14.5 Å². The Hall–Kier alpha value is -1.59. The third kappa shape index (κ3) is 2.63. The average molecular weight is 295 g/mol. The smallest absolute Gasteiger partial charge is 0.325 e. The number of hydrogen-bond donors (Lipinski definition) is 1. The number of nitrogens with zero attached hydrogens (tertiary/aromatic N) is 2. The standard InChI is InChI=1S/C15H25N3O3/c1-10(2)18-12(20)15(16-13(18)21)6-8-17(9-7-15)11(19)14(3,4)5/h10H,6-9H2,1-5H3,(H,16,21). The number of imide groups is 1. The van der Waals surface area contributed by atoms with Crippen molar-refractivity contribution in [1.82, 2.24) is 15.1 Å². The minimum Gasteiger partial charge on any atom is -0.342 e. The van der Waals surface area contributed by atoms with Crippen molar-refractivity contribution in [3.05, 3.63) is 0 Å². The van der Waals surface area contributed by atoms with E-state index in [4.69, 9.17) is 0 Å². The first-order valence-corrected chi connectivity index (χ1v) is 7.54. The molecular formula is C15H25N3O3. The molecule has 0 unspecified atom stereocenters. The van der Waals surface area contributed by atoms with E-state index in [0.717, 1.165) is 0 Å². The first kappa shape index (κ1) is 15.8. The number of hydrogen-bond acceptors (Lipinski definition) is 3. The van der Waals surface area contributed by atoms with Gasteiger partial charge in [-0.2, -0.15) is 0 Å². The Labute approximate surface area is 125 Å². The molecule has 21 heavy (non-hydrogen) atoms. The third-order valence-corrected chi connectivity index (χ3v) is 4.26. The summed E-state index contributed by atoms with van der Waals surface area (Å²) in [4.78, 5) is 39.9. The van der Waals surface area contributed by atoms with Gasteiger partial charge >= 0.3 is 6.03 Å². The largest absolute Gasteiger partial charge is 0.342 e. The van der Waals surface area contributed by atoms with E-state index in [9.17, 15) is 14.4 Å². The summed E-state index contributed by atoms with van der Waals surface area (Å²) in [5, 5.41) is 2.85. The predicted octanol–water partition coefficient (Wildman–Crippen LogP) is 1.35. The lowest BCUT2D eigenvalue weighted by Crippen LogP contribution is -2.57. The highest BCUT2D eigenvalue weighted by Crippen LogP contribution is 2.32. The van der Waals surface area contributed by atoms with Gasteiger partial charge in [0.15, 0.2) is 0 Å². The second kappa shape index (κ2) is 5.00. The van der Waals surface area contributed by atoms with Gasteiger partial charge in [0.1, 0.15) is 5.54 Å². The van der Waals surface area contributed by atoms with Crippen molar-refractivity contribution in [2.45, 2.75) is 59.0 Å². The van der Waals surface area contributed by atoms with E-state index in [0.29, 0.717) is 25.9 Å². The summed E-state index contributed by atoms with van der Waals surface area (Å²) in [6.07, 6.45) is 0.977. The van der Waals surface area contributed by atoms with Gasteiger partial charge in [0.25, 0.3) is 5.91 Å². The van der Waals surface area contributed by atoms with Crippen molar-refractivity contribution in [3.63, 3.8) is 0 Å². The number of amides is 4. The summed E-state index contributed by atoms with van der Waals surface area (Å²) in [6, 6.07) is -0.461. The fraction of sp³-hybridized carbons (Fsp3) is 0.800. The Morgan fingerprint density at radius 3 is 2.10 bits per heavy atom. The number of carbonyl (C=O) groups excluding carboxylic acids is 3. The molecule has 0 aromatic heterocycles. The Morgan fingerprint density at radius 1 is 1.19 bits per heavy atom. The van der Waals surface area contributed by atoms with Crippen molar-refractivity contribution in [3.8, 4) is 0 Å². The van der Waals surface area contributed by atoms with E-state index in [1.54, 1.807) is 4.90 Å². The Morgan fingerprint density at radius 2 is 1.71 bits per heavy atom. The summed E-state index contributed by atoms with van der Waals surface area (Å²) in [5.41, 5.74) is -1.23. The van der Waals surface area contributed by atoms with Crippen LogP contribution in [0.15, 0.2) is 0 Å². The first-order valence-electron chi connectivity index (χ1n) is 7.54. The van der Waals surface area contributed by atoms with Crippen LogP contribution in [0.3, 0.4) is 0 Å². The Balaban J connectivity index is 2.09. The third-order valence-electron chi connectivity index (χ3n) is 4.26. The van der Waals surface area contributed by atoms with Crippen molar-refractivity contribution in [2.24, 2.45) is 5.41 Å². The lowest BCUT2D eigenvalue weighted by Gasteiger charge is -2.39. The maximum Gasteiger partial charge on any atom is 0.325 e. The fourth-order valence-corrected chi connectivity index (χ4v) is 3.01. The molecule has 2 fully saturated rings. The molecule has 2 aliphatic heterocycles. The van der Waals surface area contributed by atoms with E-state index in [2.05, 4.69) is 5.32 Å². The number of carbonyl (C=O) groups is 3. The number of likely N-dealkylation sites (tertiary alicyclic amines) is 1. The van der Waals surface area contributed by atoms with E-state index < -0.39 is 11.0 Å². The lowest BCUT2D eigenvalue weighted by molar-refractivity contribution is -0.144. The molecule has 2 rings (SSSR count). The van der Waals surface area contributed by atoms with Crippen LogP contribution < -0.4 is 5.32 Å². The molecule has 0 aromatic rings. The highest BCUT2D eigenvalue weighted by atomic mass is 16.2. The molecule has 0 aromatic carbocycles. The molecule has 0 aliphatic carbocycles. The summed E-state index contributed by atoms with van der Waals surface area (Å²) < 4.78 is 0. The van der Waals surface area contributed by atoms with Gasteiger partial charge in [0.2, 0.25) is 5.91 Å². The molecule has 6 heteroatoms. The normalized spacial score (nSPS) is 22.2. The molecule has 2 saturated heterocycles.